The maximum Gasteiger partial charge on any atom is 0.337 e. The van der Waals surface area contributed by atoms with E-state index in [1.165, 1.54) is 18.6 Å². The Hall–Kier alpha value is -2.96. The number of anilines is 1. The Morgan fingerprint density at radius 2 is 1.57 bits per heavy atom. The lowest BCUT2D eigenvalue weighted by Gasteiger charge is -2.70. The van der Waals surface area contributed by atoms with Crippen LogP contribution in [0.4, 0.5) is 5.69 Å². The Labute approximate surface area is 274 Å². The summed E-state index contributed by atoms with van der Waals surface area (Å²) in [6, 6.07) is 6.57. The zero-order chi connectivity index (χ0) is 33.7. The van der Waals surface area contributed by atoms with Crippen LogP contribution in [0.25, 0.3) is 0 Å². The van der Waals surface area contributed by atoms with E-state index in [1.807, 2.05) is 13.0 Å². The summed E-state index contributed by atoms with van der Waals surface area (Å²) in [5.74, 6) is -0.972. The quantitative estimate of drug-likeness (QED) is 0.324. The second-order valence-electron chi connectivity index (χ2n) is 17.5. The Bertz CT molecular complexity index is 1530. The van der Waals surface area contributed by atoms with Gasteiger partial charge in [0.25, 0.3) is 0 Å². The van der Waals surface area contributed by atoms with Crippen LogP contribution in [0.3, 0.4) is 0 Å². The number of ketones is 1. The van der Waals surface area contributed by atoms with Gasteiger partial charge in [0.15, 0.2) is 5.78 Å². The molecule has 0 radical (unpaired) electrons. The monoisotopic (exact) mass is 631 g/mol. The number of carbonyl (C=O) groups is 4. The number of carboxylic acid groups (broad SMARTS) is 1. The van der Waals surface area contributed by atoms with Crippen molar-refractivity contribution >= 4 is 29.3 Å². The van der Waals surface area contributed by atoms with Crippen LogP contribution in [0.2, 0.25) is 0 Å². The van der Waals surface area contributed by atoms with Gasteiger partial charge >= 0.3 is 11.9 Å². The fourth-order valence-corrected chi connectivity index (χ4v) is 11.8. The maximum absolute atomic E-state index is 14.7. The fourth-order valence-electron chi connectivity index (χ4n) is 11.8. The van der Waals surface area contributed by atoms with Gasteiger partial charge < -0.3 is 15.2 Å². The molecule has 6 rings (SSSR count). The Balaban J connectivity index is 1.35. The number of rotatable bonds is 4. The van der Waals surface area contributed by atoms with E-state index in [4.69, 9.17) is 4.74 Å². The van der Waals surface area contributed by atoms with Gasteiger partial charge in [-0.05, 0) is 109 Å². The van der Waals surface area contributed by atoms with Gasteiger partial charge in [-0.1, -0.05) is 66.2 Å². The molecule has 1 aromatic rings. The molecule has 1 amide bonds. The summed E-state index contributed by atoms with van der Waals surface area (Å²) in [6.07, 6.45) is 9.78. The first-order valence-corrected chi connectivity index (χ1v) is 17.4. The Kier molecular flexibility index (Phi) is 7.54. The molecule has 46 heavy (non-hydrogen) atoms. The second kappa shape index (κ2) is 10.5. The van der Waals surface area contributed by atoms with Crippen molar-refractivity contribution < 1.29 is 29.0 Å². The molecule has 0 heterocycles. The molecule has 0 saturated heterocycles. The minimum atomic E-state index is -1.07. The van der Waals surface area contributed by atoms with Gasteiger partial charge in [0.05, 0.1) is 11.3 Å². The van der Waals surface area contributed by atoms with E-state index in [0.29, 0.717) is 12.1 Å². The van der Waals surface area contributed by atoms with Crippen LogP contribution in [-0.2, 0) is 19.1 Å². The highest BCUT2D eigenvalue weighted by atomic mass is 16.5. The van der Waals surface area contributed by atoms with E-state index in [-0.39, 0.29) is 74.2 Å². The molecular formula is C39H53NO6. The Morgan fingerprint density at radius 3 is 2.24 bits per heavy atom. The third-order valence-electron chi connectivity index (χ3n) is 14.8. The van der Waals surface area contributed by atoms with Gasteiger partial charge in [0.1, 0.15) is 6.10 Å². The topological polar surface area (TPSA) is 110 Å². The molecule has 4 saturated carbocycles. The van der Waals surface area contributed by atoms with E-state index >= 15 is 0 Å². The number of fused-ring (bicyclic) bond motifs is 7. The molecule has 0 aliphatic heterocycles. The lowest BCUT2D eigenvalue weighted by atomic mass is 9.33. The van der Waals surface area contributed by atoms with Gasteiger partial charge in [-0.3, -0.25) is 14.4 Å². The zero-order valence-electron chi connectivity index (χ0n) is 29.0. The van der Waals surface area contributed by atoms with E-state index in [2.05, 4.69) is 46.9 Å². The maximum atomic E-state index is 14.7. The first kappa shape index (κ1) is 33.0. The average Bonchev–Trinajstić information content (AvgIpc) is 2.96. The summed E-state index contributed by atoms with van der Waals surface area (Å²) in [7, 11) is 0. The molecule has 9 atom stereocenters. The lowest BCUT2D eigenvalue weighted by Crippen LogP contribution is -2.66. The van der Waals surface area contributed by atoms with Crippen molar-refractivity contribution in [1.29, 1.82) is 0 Å². The van der Waals surface area contributed by atoms with E-state index < -0.39 is 11.4 Å². The van der Waals surface area contributed by atoms with Gasteiger partial charge in [-0.25, -0.2) is 4.79 Å². The van der Waals surface area contributed by atoms with Crippen LogP contribution in [0.1, 0.15) is 124 Å². The molecule has 0 bridgehead atoms. The van der Waals surface area contributed by atoms with Crippen LogP contribution in [0, 0.1) is 50.2 Å². The lowest BCUT2D eigenvalue weighted by molar-refractivity contribution is -0.210. The zero-order valence-corrected chi connectivity index (χ0v) is 29.0. The minimum absolute atomic E-state index is 0.00122. The Morgan fingerprint density at radius 1 is 0.891 bits per heavy atom. The third-order valence-corrected chi connectivity index (χ3v) is 14.8. The summed E-state index contributed by atoms with van der Waals surface area (Å²) >= 11 is 0. The van der Waals surface area contributed by atoms with Crippen molar-refractivity contribution in [2.45, 2.75) is 119 Å². The predicted molar refractivity (Wildman–Crippen MR) is 177 cm³/mol. The molecule has 7 nitrogen and oxygen atoms in total. The van der Waals surface area contributed by atoms with Crippen molar-refractivity contribution in [3.8, 4) is 0 Å². The summed E-state index contributed by atoms with van der Waals surface area (Å²) < 4.78 is 5.86. The number of esters is 1. The first-order chi connectivity index (χ1) is 21.3. The standard InChI is InChI=1S/C39H53NO6/c1-23(41)46-30-14-15-37(6)29(34(30,2)3)13-16-39(8)31(37)28(42)21-25-26-22-36(5,18-17-35(26,4)19-20-38(25,39)7)33(45)40-27-12-10-9-11-24(27)32(43)44/h9-12,21,26,29-31H,13-20,22H2,1-8H3,(H,40,45)(H,43,44). The number of carbonyl (C=O) groups excluding carboxylic acids is 3. The summed E-state index contributed by atoms with van der Waals surface area (Å²) in [5, 5.41) is 12.7. The highest BCUT2D eigenvalue weighted by molar-refractivity contribution is 6.02. The molecule has 5 aliphatic rings. The number of hydrogen-bond acceptors (Lipinski definition) is 5. The molecule has 4 fully saturated rings. The van der Waals surface area contributed by atoms with Crippen molar-refractivity contribution in [3.63, 3.8) is 0 Å². The molecule has 2 N–H and O–H groups in total. The van der Waals surface area contributed by atoms with E-state index in [1.54, 1.807) is 18.2 Å². The first-order valence-electron chi connectivity index (χ1n) is 17.4. The molecule has 0 aromatic heterocycles. The highest BCUT2D eigenvalue weighted by Gasteiger charge is 2.70. The van der Waals surface area contributed by atoms with Crippen molar-refractivity contribution in [3.05, 3.63) is 41.5 Å². The minimum Gasteiger partial charge on any atom is -0.478 e. The average molecular weight is 632 g/mol. The summed E-state index contributed by atoms with van der Waals surface area (Å²) in [4.78, 5) is 52.5. The molecule has 7 heteroatoms. The van der Waals surface area contributed by atoms with Crippen LogP contribution in [0.15, 0.2) is 35.9 Å². The molecule has 1 aromatic carbocycles. The number of carboxylic acids is 1. The molecule has 9 unspecified atom stereocenters. The number of allylic oxidation sites excluding steroid dienone is 2. The van der Waals surface area contributed by atoms with Crippen LogP contribution >= 0.6 is 0 Å². The van der Waals surface area contributed by atoms with Crippen molar-refractivity contribution in [2.75, 3.05) is 5.32 Å². The largest absolute Gasteiger partial charge is 0.478 e. The third kappa shape index (κ3) is 4.57. The number of para-hydroxylation sites is 1. The van der Waals surface area contributed by atoms with Gasteiger partial charge in [0, 0.05) is 23.7 Å². The SMILES string of the molecule is CC(=O)OC1CCC2(C)C(CCC3(C)C2C(=O)C=C2C4CC(C)(C(=O)Nc5ccccc5C(=O)O)CCC4(C)CCC23C)C1(C)C. The number of hydrogen-bond donors (Lipinski definition) is 2. The van der Waals surface area contributed by atoms with Gasteiger partial charge in [0.2, 0.25) is 5.91 Å². The second-order valence-corrected chi connectivity index (χ2v) is 17.5. The van der Waals surface area contributed by atoms with Crippen LogP contribution < -0.4 is 5.32 Å². The van der Waals surface area contributed by atoms with Crippen molar-refractivity contribution in [2.24, 2.45) is 50.2 Å². The molecular weight excluding hydrogens is 578 g/mol. The van der Waals surface area contributed by atoms with Gasteiger partial charge in [-0.15, -0.1) is 0 Å². The molecule has 5 aliphatic carbocycles. The van der Waals surface area contributed by atoms with Gasteiger partial charge in [-0.2, -0.15) is 0 Å². The van der Waals surface area contributed by atoms with Crippen LogP contribution in [0.5, 0.6) is 0 Å². The summed E-state index contributed by atoms with van der Waals surface area (Å²) in [5.41, 5.74) is 0.123. The number of nitrogens with one attached hydrogen (secondary N) is 1. The van der Waals surface area contributed by atoms with Crippen molar-refractivity contribution in [1.82, 2.24) is 0 Å². The predicted octanol–water partition coefficient (Wildman–Crippen LogP) is 8.24. The normalized spacial score (nSPS) is 42.7. The smallest absolute Gasteiger partial charge is 0.337 e. The fraction of sp³-hybridized carbons (Fsp3) is 0.692. The van der Waals surface area contributed by atoms with Crippen LogP contribution in [-0.4, -0.2) is 34.8 Å². The molecule has 0 spiro atoms. The summed E-state index contributed by atoms with van der Waals surface area (Å²) in [6.45, 7) is 17.5. The number of amides is 1. The molecule has 250 valence electrons. The van der Waals surface area contributed by atoms with E-state index in [0.717, 1.165) is 51.4 Å². The number of benzene rings is 1. The number of aromatic carboxylic acids is 1. The highest BCUT2D eigenvalue weighted by Crippen LogP contribution is 2.75. The van der Waals surface area contributed by atoms with E-state index in [9.17, 15) is 24.3 Å². The number of ether oxygens (including phenoxy) is 1.